The molecule has 0 saturated heterocycles. The lowest BCUT2D eigenvalue weighted by Gasteiger charge is -2.21. The van der Waals surface area contributed by atoms with Crippen molar-refractivity contribution in [3.8, 4) is 0 Å². The van der Waals surface area contributed by atoms with Crippen molar-refractivity contribution in [2.45, 2.75) is 186 Å². The van der Waals surface area contributed by atoms with Crippen molar-refractivity contribution in [2.24, 2.45) is 0 Å². The number of carbonyl (C=O) groups is 1. The fourth-order valence-corrected chi connectivity index (χ4v) is 5.15. The lowest BCUT2D eigenvalue weighted by atomic mass is 10.0. The fourth-order valence-electron chi connectivity index (χ4n) is 5.15. The van der Waals surface area contributed by atoms with Gasteiger partial charge in [-0.1, -0.05) is 153 Å². The molecule has 3 atom stereocenters. The second-order valence-electron chi connectivity index (χ2n) is 12.2. The van der Waals surface area contributed by atoms with Crippen molar-refractivity contribution >= 4 is 5.91 Å². The highest BCUT2D eigenvalue weighted by Crippen LogP contribution is 2.13. The average Bonchev–Trinajstić information content (AvgIpc) is 2.98. The van der Waals surface area contributed by atoms with E-state index in [0.29, 0.717) is 6.42 Å². The van der Waals surface area contributed by atoms with Crippen LogP contribution in [0, 0.1) is 0 Å². The molecule has 0 aromatic carbocycles. The van der Waals surface area contributed by atoms with Crippen molar-refractivity contribution in [1.29, 1.82) is 0 Å². The number of hydrogen-bond donors (Lipinski definition) is 4. The number of carbonyl (C=O) groups excluding carboxylic acids is 1. The van der Waals surface area contributed by atoms with Crippen LogP contribution >= 0.6 is 0 Å². The number of allylic oxidation sites excluding steroid dienone is 5. The molecule has 246 valence electrons. The average molecular weight is 592 g/mol. The van der Waals surface area contributed by atoms with E-state index in [1.165, 1.54) is 89.9 Å². The molecule has 3 unspecified atom stereocenters. The number of aliphatic hydroxyl groups excluding tert-OH is 3. The minimum absolute atomic E-state index is 0.000873. The number of hydrogen-bond acceptors (Lipinski definition) is 4. The van der Waals surface area contributed by atoms with Gasteiger partial charge in [0.15, 0.2) is 0 Å². The van der Waals surface area contributed by atoms with Crippen molar-refractivity contribution in [2.75, 3.05) is 6.61 Å². The van der Waals surface area contributed by atoms with Gasteiger partial charge in [0.05, 0.1) is 31.3 Å². The summed E-state index contributed by atoms with van der Waals surface area (Å²) in [6, 6.07) is -0.748. The van der Waals surface area contributed by atoms with Gasteiger partial charge in [-0.3, -0.25) is 4.79 Å². The summed E-state index contributed by atoms with van der Waals surface area (Å²) in [4.78, 5) is 12.3. The highest BCUT2D eigenvalue weighted by atomic mass is 16.3. The molecule has 1 amide bonds. The zero-order valence-corrected chi connectivity index (χ0v) is 27.6. The maximum atomic E-state index is 12.3. The molecule has 0 aliphatic rings. The first kappa shape index (κ1) is 40.6. The SMILES string of the molecule is CCCCC/C=C\C=C/CCCCCCC(O)CC(=O)NC(CO)C(O)/C=C/CCCCCCCCCCCCCC. The first-order valence-corrected chi connectivity index (χ1v) is 17.8. The Hall–Kier alpha value is -1.43. The third-order valence-electron chi connectivity index (χ3n) is 7.95. The van der Waals surface area contributed by atoms with Gasteiger partial charge in [0.1, 0.15) is 0 Å². The molecule has 0 aromatic heterocycles. The van der Waals surface area contributed by atoms with Crippen LogP contribution in [0.1, 0.15) is 168 Å². The molecule has 0 aromatic rings. The Morgan fingerprint density at radius 3 is 1.57 bits per heavy atom. The molecule has 0 spiro atoms. The quantitative estimate of drug-likeness (QED) is 0.0367. The first-order valence-electron chi connectivity index (χ1n) is 17.8. The lowest BCUT2D eigenvalue weighted by Crippen LogP contribution is -2.45. The smallest absolute Gasteiger partial charge is 0.222 e. The van der Waals surface area contributed by atoms with E-state index in [1.807, 2.05) is 6.08 Å². The molecule has 5 heteroatoms. The number of rotatable bonds is 31. The summed E-state index contributed by atoms with van der Waals surface area (Å²) in [6.45, 7) is 4.15. The van der Waals surface area contributed by atoms with Gasteiger partial charge in [-0.15, -0.1) is 0 Å². The van der Waals surface area contributed by atoms with Gasteiger partial charge in [0.2, 0.25) is 5.91 Å². The Morgan fingerprint density at radius 2 is 1.05 bits per heavy atom. The van der Waals surface area contributed by atoms with Gasteiger partial charge in [0.25, 0.3) is 0 Å². The van der Waals surface area contributed by atoms with Crippen LogP contribution in [0.3, 0.4) is 0 Å². The summed E-state index contributed by atoms with van der Waals surface area (Å²) in [5.41, 5.74) is 0. The third kappa shape index (κ3) is 28.7. The second-order valence-corrected chi connectivity index (χ2v) is 12.2. The normalized spacial score (nSPS) is 14.3. The minimum Gasteiger partial charge on any atom is -0.394 e. The Bertz CT molecular complexity index is 660. The summed E-state index contributed by atoms with van der Waals surface area (Å²) in [7, 11) is 0. The summed E-state index contributed by atoms with van der Waals surface area (Å²) in [5, 5.41) is 33.0. The molecule has 0 aliphatic carbocycles. The van der Waals surface area contributed by atoms with Crippen LogP contribution in [0.25, 0.3) is 0 Å². The van der Waals surface area contributed by atoms with Gasteiger partial charge < -0.3 is 20.6 Å². The molecule has 0 bridgehead atoms. The van der Waals surface area contributed by atoms with Crippen molar-refractivity contribution < 1.29 is 20.1 Å². The van der Waals surface area contributed by atoms with E-state index in [-0.39, 0.29) is 18.9 Å². The highest BCUT2D eigenvalue weighted by Gasteiger charge is 2.20. The number of unbranched alkanes of at least 4 members (excludes halogenated alkanes) is 19. The van der Waals surface area contributed by atoms with E-state index in [4.69, 9.17) is 0 Å². The van der Waals surface area contributed by atoms with Crippen LogP contribution in [0.5, 0.6) is 0 Å². The topological polar surface area (TPSA) is 89.8 Å². The number of aliphatic hydroxyl groups is 3. The fraction of sp³-hybridized carbons (Fsp3) is 0.811. The van der Waals surface area contributed by atoms with Crippen LogP contribution in [-0.4, -0.2) is 46.1 Å². The molecular formula is C37H69NO4. The van der Waals surface area contributed by atoms with Gasteiger partial charge in [-0.05, 0) is 44.9 Å². The standard InChI is InChI=1S/C37H69NO4/c1-3-5-7-9-11-13-15-17-19-21-23-25-27-29-31-36(41)35(33-39)38-37(42)32-34(40)30-28-26-24-22-20-18-16-14-12-10-8-6-4-2/h12,14,16,18,29,31,34-36,39-41H,3-11,13,15,17,19-28,30,32-33H2,1-2H3,(H,38,42)/b14-12-,18-16-,31-29+. The Labute approximate surface area is 260 Å². The van der Waals surface area contributed by atoms with Gasteiger partial charge >= 0.3 is 0 Å². The first-order chi connectivity index (χ1) is 20.5. The molecule has 0 saturated carbocycles. The second kappa shape index (κ2) is 32.5. The predicted molar refractivity (Wildman–Crippen MR) is 181 cm³/mol. The maximum absolute atomic E-state index is 12.3. The third-order valence-corrected chi connectivity index (χ3v) is 7.95. The van der Waals surface area contributed by atoms with Crippen LogP contribution in [0.15, 0.2) is 36.5 Å². The zero-order valence-electron chi connectivity index (χ0n) is 27.6. The van der Waals surface area contributed by atoms with Crippen molar-refractivity contribution in [3.05, 3.63) is 36.5 Å². The molecule has 0 rings (SSSR count). The largest absolute Gasteiger partial charge is 0.394 e. The Kier molecular flexibility index (Phi) is 31.4. The van der Waals surface area contributed by atoms with E-state index in [1.54, 1.807) is 6.08 Å². The van der Waals surface area contributed by atoms with Crippen molar-refractivity contribution in [3.63, 3.8) is 0 Å². The van der Waals surface area contributed by atoms with E-state index in [2.05, 4.69) is 43.5 Å². The molecule has 0 radical (unpaired) electrons. The van der Waals surface area contributed by atoms with E-state index in [9.17, 15) is 20.1 Å². The molecule has 5 nitrogen and oxygen atoms in total. The summed E-state index contributed by atoms with van der Waals surface area (Å²) < 4.78 is 0. The molecule has 42 heavy (non-hydrogen) atoms. The molecule has 0 aliphatic heterocycles. The van der Waals surface area contributed by atoms with Crippen LogP contribution in [0.2, 0.25) is 0 Å². The Morgan fingerprint density at radius 1 is 0.619 bits per heavy atom. The number of nitrogens with one attached hydrogen (secondary N) is 1. The summed E-state index contributed by atoms with van der Waals surface area (Å²) in [5.74, 6) is -0.331. The monoisotopic (exact) mass is 592 g/mol. The van der Waals surface area contributed by atoms with Gasteiger partial charge in [-0.2, -0.15) is 0 Å². The van der Waals surface area contributed by atoms with Gasteiger partial charge in [0, 0.05) is 0 Å². The summed E-state index contributed by atoms with van der Waals surface area (Å²) in [6.07, 6.45) is 38.3. The van der Waals surface area contributed by atoms with Crippen LogP contribution in [0.4, 0.5) is 0 Å². The molecule has 0 heterocycles. The molecular weight excluding hydrogens is 522 g/mol. The van der Waals surface area contributed by atoms with Crippen LogP contribution in [-0.2, 0) is 4.79 Å². The van der Waals surface area contributed by atoms with E-state index >= 15 is 0 Å². The van der Waals surface area contributed by atoms with Crippen LogP contribution < -0.4 is 5.32 Å². The predicted octanol–water partition coefficient (Wildman–Crippen LogP) is 9.26. The maximum Gasteiger partial charge on any atom is 0.222 e. The van der Waals surface area contributed by atoms with Crippen molar-refractivity contribution in [1.82, 2.24) is 5.32 Å². The Balaban J connectivity index is 3.81. The highest BCUT2D eigenvalue weighted by molar-refractivity contribution is 5.76. The van der Waals surface area contributed by atoms with E-state index < -0.39 is 18.2 Å². The van der Waals surface area contributed by atoms with Gasteiger partial charge in [-0.25, -0.2) is 0 Å². The zero-order chi connectivity index (χ0) is 30.9. The number of amides is 1. The lowest BCUT2D eigenvalue weighted by molar-refractivity contribution is -0.124. The summed E-state index contributed by atoms with van der Waals surface area (Å²) >= 11 is 0. The van der Waals surface area contributed by atoms with E-state index in [0.717, 1.165) is 51.4 Å². The minimum atomic E-state index is -0.931. The molecule has 0 fully saturated rings. The molecule has 4 N–H and O–H groups in total.